The van der Waals surface area contributed by atoms with Crippen molar-refractivity contribution in [3.8, 4) is 11.5 Å². The van der Waals surface area contributed by atoms with E-state index in [4.69, 9.17) is 19.1 Å². The van der Waals surface area contributed by atoms with Crippen molar-refractivity contribution < 1.29 is 184 Å². The van der Waals surface area contributed by atoms with Gasteiger partial charge in [-0.25, -0.2) is 58.9 Å². The van der Waals surface area contributed by atoms with Crippen LogP contribution < -0.4 is 19.3 Å². The number of carboxylic acids is 1. The highest BCUT2D eigenvalue weighted by Crippen LogP contribution is 2.56. The largest absolute Gasteiger partial charge is 0.748 e. The van der Waals surface area contributed by atoms with Crippen LogP contribution in [0.25, 0.3) is 0 Å². The Hall–Kier alpha value is -8.01. The number of hydrogen-bond acceptors (Lipinski definition) is 36. The molecule has 4 aromatic carbocycles. The van der Waals surface area contributed by atoms with Crippen molar-refractivity contribution in [3.63, 3.8) is 0 Å². The van der Waals surface area contributed by atoms with Gasteiger partial charge in [0.25, 0.3) is 50.6 Å². The molecule has 0 aromatic heterocycles. The molecule has 144 heavy (non-hydrogen) atoms. The number of nitrogens with zero attached hydrogens (tertiary/aromatic N) is 4. The fourth-order valence-corrected chi connectivity index (χ4v) is 24.8. The Balaban J connectivity index is 0.000000416. The molecule has 0 fully saturated rings. The van der Waals surface area contributed by atoms with Gasteiger partial charge in [0.05, 0.1) is 102 Å². The number of rotatable bonds is 60. The molecule has 4 unspecified atom stereocenters. The van der Waals surface area contributed by atoms with Crippen LogP contribution in [0.2, 0.25) is 0 Å². The van der Waals surface area contributed by atoms with Crippen molar-refractivity contribution in [1.82, 2.24) is 0 Å². The number of carboxylic acid groups (broad SMARTS) is 1. The summed E-state index contributed by atoms with van der Waals surface area (Å²) in [6.07, 6.45) is 22.4. The highest BCUT2D eigenvalue weighted by Gasteiger charge is 2.51. The third kappa shape index (κ3) is 37.3. The molecule has 0 saturated heterocycles. The molecule has 6 N–H and O–H groups in total. The van der Waals surface area contributed by atoms with Gasteiger partial charge < -0.3 is 56.2 Å². The smallest absolute Gasteiger partial charge is 0.303 e. The summed E-state index contributed by atoms with van der Waals surface area (Å²) in [4.78, 5) is 12.4. The van der Waals surface area contributed by atoms with Crippen LogP contribution in [0.3, 0.4) is 0 Å². The second kappa shape index (κ2) is 50.5. The summed E-state index contributed by atoms with van der Waals surface area (Å²) < 4.78 is 429. The van der Waals surface area contributed by atoms with Crippen LogP contribution >= 0.6 is 0 Å². The van der Waals surface area contributed by atoms with E-state index in [9.17, 15) is 156 Å². The second-order valence-corrected chi connectivity index (χ2v) is 53.7. The second-order valence-electron chi connectivity index (χ2n) is 35.8. The number of allylic oxidation sites excluding steroid dienone is 14. The average Bonchev–Trinajstić information content (AvgIpc) is 1.58. The van der Waals surface area contributed by atoms with Gasteiger partial charge in [-0.2, -0.15) is 51.2 Å². The maximum absolute atomic E-state index is 12.9. The van der Waals surface area contributed by atoms with E-state index in [1.807, 2.05) is 42.4 Å². The third-order valence-electron chi connectivity index (χ3n) is 24.9. The van der Waals surface area contributed by atoms with Crippen LogP contribution in [0.5, 0.6) is 11.5 Å². The first-order chi connectivity index (χ1) is 66.3. The molecule has 44 nitrogen and oxygen atoms in total. The summed E-state index contributed by atoms with van der Waals surface area (Å²) in [5.74, 6) is -7.03. The fraction of sp³-hybridized carbons (Fsp3) is 0.534. The lowest BCUT2D eigenvalue weighted by atomic mass is 9.75. The standard InChI is InChI=1S/C49H72N2O26S8.C39H52N2O14S4/c1-48(22-8-14-28-78(52,53)54)38-34-42(76-26-12-18-32-82(64,65)66)44(84(70,71)72)36-40(38)50(24-10-16-30-80(58,59)60)46(48)20-6-4-3-5-7-21-47-49(2,23-9-15-29-79(55,56)57)39-35-43(77-27-13-19-33-83(67,68)69)45(85(73,74)75)37-41(39)51(47)25-11-17-31-81(61,62)63;1-4-40-33-20-18-29(58(50,51)52)27-31(33)38(2,22-10-13-25-56(44,45)46)35(40)15-7-5-8-16-36-39(3,23-11-14-26-57(47,48)49)32-28-30(59(53,54)55)19-21-34(32)41(36)24-12-6-9-17-37(42)43/h3-7,20-21,34-37H,8-19,22-33H2,1-2H3,(H7-,52,53,54,55,56,57,58,59,60,61,62,63,64,65,66,67,68,69,70,71,72,73,74,75);5,7-8,15-16,18-21,27-28H,4,6,9-14,17,22-26H2,1-3H3,(H4-,42,43,44,45,46,47,48,49,50,51,52,53,54,55)/p-5. The number of likely N-dealkylation sites (N-methyl/N-ethyl adjacent to an activating group) is 1. The highest BCUT2D eigenvalue weighted by molar-refractivity contribution is 7.88. The zero-order valence-electron chi connectivity index (χ0n) is 79.3. The Bertz CT molecular complexity index is 7160. The summed E-state index contributed by atoms with van der Waals surface area (Å²) in [7, 11) is -55.9. The first kappa shape index (κ1) is 123. The number of unbranched alkanes of at least 4 members (excludes halogenated alkanes) is 10. The van der Waals surface area contributed by atoms with E-state index in [1.165, 1.54) is 60.7 Å². The minimum Gasteiger partial charge on any atom is -0.748 e. The molecule has 0 spiro atoms. The predicted octanol–water partition coefficient (Wildman–Crippen LogP) is 9.11. The van der Waals surface area contributed by atoms with Crippen LogP contribution in [0.15, 0.2) is 165 Å². The van der Waals surface area contributed by atoms with Crippen LogP contribution in [0.4, 0.5) is 22.7 Å². The molecule has 8 rings (SSSR count). The third-order valence-corrected chi connectivity index (χ3v) is 34.7. The Morgan fingerprint density at radius 3 is 1.16 bits per heavy atom. The predicted molar refractivity (Wildman–Crippen MR) is 524 cm³/mol. The molecule has 0 bridgehead atoms. The molecule has 0 radical (unpaired) electrons. The Morgan fingerprint density at radius 2 is 0.722 bits per heavy atom. The van der Waals surface area contributed by atoms with Crippen LogP contribution in [-0.2, 0) is 148 Å². The summed E-state index contributed by atoms with van der Waals surface area (Å²) in [6.45, 7) is 9.15. The molecule has 808 valence electrons. The van der Waals surface area contributed by atoms with Crippen molar-refractivity contribution in [2.75, 3.05) is 95.2 Å². The SMILES string of the molecule is CC1(CCCCS(=O)(=O)[O-])C(/C=C/C=C/C=C/C=C2/N(CCCCS(=O)(=O)[O-])c3cc(S(=O)(=O)O)c(OCCCCS(=O)(=O)O)cc3C2(C)CCCCS(=O)(=O)O)=[N+](CCCCS(=O)(=O)[O-])c2cc(S(=O)(=O)[O-])c(OCCCCS(=O)(=O)[O-])cc21.CCN1/C(=C/C=C/C=C/C2=[N+](CCCCCC(=O)O)c3ccc(S(=O)(=O)[O-])cc3C2(C)CCCCS(=O)(=O)[O-])C(C)(CCCCS(=O)(=O)O)c2cc(S(=O)(=O)O)ccc21. The van der Waals surface area contributed by atoms with E-state index in [0.717, 1.165) is 17.8 Å². The molecule has 56 heteroatoms. The van der Waals surface area contributed by atoms with Gasteiger partial charge in [-0.05, 0) is 216 Å². The molecule has 4 aliphatic rings. The van der Waals surface area contributed by atoms with Crippen molar-refractivity contribution in [2.45, 2.75) is 230 Å². The number of ether oxygens (including phenoxy) is 2. The van der Waals surface area contributed by atoms with Crippen LogP contribution in [-0.4, -0.2) is 273 Å². The first-order valence-electron chi connectivity index (χ1n) is 45.4. The lowest BCUT2D eigenvalue weighted by Crippen LogP contribution is -2.31. The number of benzene rings is 4. The lowest BCUT2D eigenvalue weighted by Gasteiger charge is -2.30. The van der Waals surface area contributed by atoms with E-state index in [1.54, 1.807) is 71.9 Å². The minimum absolute atomic E-state index is 0.000340. The Morgan fingerprint density at radius 1 is 0.354 bits per heavy atom. The maximum atomic E-state index is 12.9. The van der Waals surface area contributed by atoms with E-state index in [2.05, 4.69) is 0 Å². The summed E-state index contributed by atoms with van der Waals surface area (Å²) in [5.41, 5.74) is 1.43. The maximum Gasteiger partial charge on any atom is 0.303 e. The van der Waals surface area contributed by atoms with Crippen molar-refractivity contribution in [3.05, 3.63) is 167 Å². The number of aliphatic carboxylic acids is 1. The van der Waals surface area contributed by atoms with E-state index >= 15 is 0 Å². The van der Waals surface area contributed by atoms with Gasteiger partial charge in [0, 0.05) is 130 Å². The minimum atomic E-state index is -5.34. The van der Waals surface area contributed by atoms with E-state index in [-0.39, 0.29) is 170 Å². The average molecular weight is 2260 g/mol. The van der Waals surface area contributed by atoms with Gasteiger partial charge in [0.1, 0.15) is 54.6 Å². The van der Waals surface area contributed by atoms with Crippen molar-refractivity contribution >= 4 is 162 Å². The van der Waals surface area contributed by atoms with Crippen molar-refractivity contribution in [1.29, 1.82) is 0 Å². The summed E-state index contributed by atoms with van der Waals surface area (Å²) in [6, 6.07) is 13.1. The molecular formula is C88H119N4O40S12-5. The summed E-state index contributed by atoms with van der Waals surface area (Å²) >= 11 is 0. The number of anilines is 2. The van der Waals surface area contributed by atoms with Gasteiger partial charge in [-0.15, -0.1) is 0 Å². The molecule has 0 aliphatic carbocycles. The zero-order chi connectivity index (χ0) is 108. The van der Waals surface area contributed by atoms with Crippen LogP contribution in [0, 0.1) is 0 Å². The Kier molecular flexibility index (Phi) is 43.1. The van der Waals surface area contributed by atoms with E-state index in [0.29, 0.717) is 95.9 Å². The highest BCUT2D eigenvalue weighted by atomic mass is 32.3. The van der Waals surface area contributed by atoms with Crippen LogP contribution in [0.1, 0.15) is 211 Å². The topological polar surface area (TPSA) is 741 Å². The zero-order valence-corrected chi connectivity index (χ0v) is 89.1. The fourth-order valence-electron chi connectivity index (χ4n) is 18.1. The van der Waals surface area contributed by atoms with Gasteiger partial charge >= 0.3 is 5.97 Å². The molecule has 0 amide bonds. The first-order valence-corrected chi connectivity index (χ1v) is 63.8. The molecule has 4 aliphatic heterocycles. The molecular weight excluding hydrogens is 2140 g/mol. The quantitative estimate of drug-likeness (QED) is 0.0104. The molecule has 4 aromatic rings. The van der Waals surface area contributed by atoms with Gasteiger partial charge in [0.2, 0.25) is 11.4 Å². The van der Waals surface area contributed by atoms with Gasteiger partial charge in [0.15, 0.2) is 11.4 Å². The molecule has 4 heterocycles. The van der Waals surface area contributed by atoms with E-state index < -0.39 is 216 Å². The van der Waals surface area contributed by atoms with Crippen molar-refractivity contribution in [2.24, 2.45) is 0 Å². The van der Waals surface area contributed by atoms with Gasteiger partial charge in [-0.1, -0.05) is 74.3 Å². The number of fused-ring (bicyclic) bond motifs is 4. The monoisotopic (exact) mass is 2260 g/mol. The number of hydrogen-bond donors (Lipinski definition) is 6. The number of carbonyl (C=O) groups is 1. The normalized spacial score (nSPS) is 19.6. The molecule has 0 saturated carbocycles. The van der Waals surface area contributed by atoms with Gasteiger partial charge in [-0.3, -0.25) is 27.6 Å². The summed E-state index contributed by atoms with van der Waals surface area (Å²) in [5, 5.41) is 9.11. The lowest BCUT2D eigenvalue weighted by molar-refractivity contribution is -0.438. The molecule has 4 atom stereocenters. The Labute approximate surface area is 843 Å².